The van der Waals surface area contributed by atoms with Gasteiger partial charge in [-0.1, -0.05) is 17.3 Å². The van der Waals surface area contributed by atoms with E-state index in [-0.39, 0.29) is 17.9 Å². The molecule has 2 atom stereocenters. The molecule has 1 aliphatic rings. The van der Waals surface area contributed by atoms with Crippen LogP contribution in [-0.4, -0.2) is 17.1 Å². The maximum absolute atomic E-state index is 11.6. The Balaban J connectivity index is 1.81. The van der Waals surface area contributed by atoms with Crippen molar-refractivity contribution in [2.75, 3.05) is 0 Å². The lowest BCUT2D eigenvalue weighted by Gasteiger charge is -2.08. The summed E-state index contributed by atoms with van der Waals surface area (Å²) in [7, 11) is 0. The molecule has 1 aromatic rings. The molecule has 0 aliphatic heterocycles. The van der Waals surface area contributed by atoms with Crippen LogP contribution in [0.5, 0.6) is 0 Å². The Morgan fingerprint density at radius 1 is 1.67 bits per heavy atom. The highest BCUT2D eigenvalue weighted by molar-refractivity contribution is 5.80. The molecule has 0 spiro atoms. The van der Waals surface area contributed by atoms with Gasteiger partial charge in [0.25, 0.3) is 0 Å². The van der Waals surface area contributed by atoms with Crippen LogP contribution in [0, 0.1) is 5.92 Å². The van der Waals surface area contributed by atoms with E-state index in [4.69, 9.17) is 10.3 Å². The predicted molar refractivity (Wildman–Crippen MR) is 53.6 cm³/mol. The van der Waals surface area contributed by atoms with Crippen molar-refractivity contribution in [3.8, 4) is 0 Å². The highest BCUT2D eigenvalue weighted by Gasteiger charge is 2.22. The van der Waals surface area contributed by atoms with Crippen molar-refractivity contribution in [1.82, 2.24) is 10.5 Å². The molecule has 0 bridgehead atoms. The van der Waals surface area contributed by atoms with Crippen LogP contribution in [0.1, 0.15) is 12.2 Å². The van der Waals surface area contributed by atoms with Crippen LogP contribution in [0.4, 0.5) is 0 Å². The van der Waals surface area contributed by atoms with E-state index in [2.05, 4.69) is 10.5 Å². The lowest BCUT2D eigenvalue weighted by molar-refractivity contribution is -0.123. The third-order valence-corrected chi connectivity index (χ3v) is 2.38. The lowest BCUT2D eigenvalue weighted by Crippen LogP contribution is -2.30. The molecule has 0 aromatic carbocycles. The molecule has 2 rings (SSSR count). The molecule has 1 heterocycles. The highest BCUT2D eigenvalue weighted by atomic mass is 16.5. The summed E-state index contributed by atoms with van der Waals surface area (Å²) in [4.78, 5) is 11.6. The van der Waals surface area contributed by atoms with E-state index in [1.165, 1.54) is 0 Å². The minimum Gasteiger partial charge on any atom is -0.360 e. The zero-order valence-electron chi connectivity index (χ0n) is 8.22. The molecule has 0 fully saturated rings. The minimum atomic E-state index is -0.108. The van der Waals surface area contributed by atoms with Gasteiger partial charge in [0.2, 0.25) is 5.91 Å². The van der Waals surface area contributed by atoms with Crippen molar-refractivity contribution in [3.05, 3.63) is 30.2 Å². The summed E-state index contributed by atoms with van der Waals surface area (Å²) in [6.45, 7) is 0.373. The number of amides is 1. The second kappa shape index (κ2) is 4.27. The third-order valence-electron chi connectivity index (χ3n) is 2.38. The van der Waals surface area contributed by atoms with E-state index < -0.39 is 0 Å². The minimum absolute atomic E-state index is 0.00558. The van der Waals surface area contributed by atoms with Crippen LogP contribution in [0.3, 0.4) is 0 Å². The number of nitrogens with zero attached hydrogens (tertiary/aromatic N) is 1. The third kappa shape index (κ3) is 2.44. The molecule has 0 saturated heterocycles. The Kier molecular flexibility index (Phi) is 2.82. The first kappa shape index (κ1) is 9.92. The molecular weight excluding hydrogens is 194 g/mol. The zero-order valence-corrected chi connectivity index (χ0v) is 8.22. The SMILES string of the molecule is NC1C=CC(C(=O)NCc2ccno2)C1. The number of hydrogen-bond donors (Lipinski definition) is 2. The summed E-state index contributed by atoms with van der Waals surface area (Å²) in [5, 5.41) is 6.32. The van der Waals surface area contributed by atoms with Crippen LogP contribution in [0.2, 0.25) is 0 Å². The van der Waals surface area contributed by atoms with Crippen LogP contribution >= 0.6 is 0 Å². The summed E-state index contributed by atoms with van der Waals surface area (Å²) in [6, 6.07) is 1.72. The Morgan fingerprint density at radius 3 is 3.13 bits per heavy atom. The smallest absolute Gasteiger partial charge is 0.227 e. The number of hydrogen-bond acceptors (Lipinski definition) is 4. The van der Waals surface area contributed by atoms with Gasteiger partial charge in [-0.15, -0.1) is 0 Å². The van der Waals surface area contributed by atoms with Gasteiger partial charge in [0.15, 0.2) is 5.76 Å². The first-order chi connectivity index (χ1) is 7.25. The largest absolute Gasteiger partial charge is 0.360 e. The molecule has 2 unspecified atom stereocenters. The van der Waals surface area contributed by atoms with Gasteiger partial charge >= 0.3 is 0 Å². The van der Waals surface area contributed by atoms with Crippen molar-refractivity contribution in [3.63, 3.8) is 0 Å². The summed E-state index contributed by atoms with van der Waals surface area (Å²) in [5.74, 6) is 0.521. The first-order valence-corrected chi connectivity index (χ1v) is 4.87. The van der Waals surface area contributed by atoms with Gasteiger partial charge in [0.05, 0.1) is 18.7 Å². The van der Waals surface area contributed by atoms with E-state index in [9.17, 15) is 4.79 Å². The number of carbonyl (C=O) groups is 1. The van der Waals surface area contributed by atoms with Gasteiger partial charge < -0.3 is 15.6 Å². The van der Waals surface area contributed by atoms with Crippen molar-refractivity contribution in [2.45, 2.75) is 19.0 Å². The summed E-state index contributed by atoms with van der Waals surface area (Å²) >= 11 is 0. The van der Waals surface area contributed by atoms with Crippen LogP contribution in [0.25, 0.3) is 0 Å². The highest BCUT2D eigenvalue weighted by Crippen LogP contribution is 2.16. The Bertz CT molecular complexity index is 359. The van der Waals surface area contributed by atoms with Crippen LogP contribution < -0.4 is 11.1 Å². The summed E-state index contributed by atoms with van der Waals surface area (Å²) < 4.78 is 4.86. The molecular formula is C10H13N3O2. The van der Waals surface area contributed by atoms with Crippen molar-refractivity contribution < 1.29 is 9.32 Å². The molecule has 80 valence electrons. The molecule has 5 nitrogen and oxygen atoms in total. The fourth-order valence-corrected chi connectivity index (χ4v) is 1.56. The second-order valence-electron chi connectivity index (χ2n) is 3.59. The summed E-state index contributed by atoms with van der Waals surface area (Å²) in [5.41, 5.74) is 5.66. The van der Waals surface area contributed by atoms with Crippen LogP contribution in [-0.2, 0) is 11.3 Å². The summed E-state index contributed by atoms with van der Waals surface area (Å²) in [6.07, 6.45) is 5.94. The molecule has 3 N–H and O–H groups in total. The topological polar surface area (TPSA) is 81.2 Å². The monoisotopic (exact) mass is 207 g/mol. The molecule has 0 saturated carbocycles. The second-order valence-corrected chi connectivity index (χ2v) is 3.59. The average Bonchev–Trinajstić information content (AvgIpc) is 2.84. The van der Waals surface area contributed by atoms with E-state index >= 15 is 0 Å². The lowest BCUT2D eigenvalue weighted by atomic mass is 10.1. The molecule has 15 heavy (non-hydrogen) atoms. The molecule has 1 aliphatic carbocycles. The molecule has 1 aromatic heterocycles. The van der Waals surface area contributed by atoms with Gasteiger partial charge in [-0.25, -0.2) is 0 Å². The normalized spacial score (nSPS) is 24.3. The fraction of sp³-hybridized carbons (Fsp3) is 0.400. The Morgan fingerprint density at radius 2 is 2.53 bits per heavy atom. The van der Waals surface area contributed by atoms with Crippen molar-refractivity contribution in [1.29, 1.82) is 0 Å². The quantitative estimate of drug-likeness (QED) is 0.693. The standard InChI is InChI=1S/C10H13N3O2/c11-8-2-1-7(5-8)10(14)12-6-9-3-4-13-15-9/h1-4,7-8H,5-6,11H2,(H,12,14). The first-order valence-electron chi connectivity index (χ1n) is 4.87. The number of nitrogens with two attached hydrogens (primary N) is 1. The predicted octanol–water partition coefficient (Wildman–Crippen LogP) is 0.194. The number of rotatable bonds is 3. The average molecular weight is 207 g/mol. The van der Waals surface area contributed by atoms with E-state index in [1.807, 2.05) is 12.2 Å². The fourth-order valence-electron chi connectivity index (χ4n) is 1.56. The van der Waals surface area contributed by atoms with Gasteiger partial charge in [0.1, 0.15) is 0 Å². The maximum Gasteiger partial charge on any atom is 0.227 e. The van der Waals surface area contributed by atoms with E-state index in [0.29, 0.717) is 18.7 Å². The number of carbonyl (C=O) groups excluding carboxylic acids is 1. The molecule has 0 radical (unpaired) electrons. The van der Waals surface area contributed by atoms with Crippen molar-refractivity contribution in [2.24, 2.45) is 11.7 Å². The number of aromatic nitrogens is 1. The molecule has 5 heteroatoms. The number of nitrogens with one attached hydrogen (secondary N) is 1. The Hall–Kier alpha value is -1.62. The van der Waals surface area contributed by atoms with Gasteiger partial charge in [-0.05, 0) is 6.42 Å². The van der Waals surface area contributed by atoms with Crippen LogP contribution in [0.15, 0.2) is 28.9 Å². The van der Waals surface area contributed by atoms with Crippen molar-refractivity contribution >= 4 is 5.91 Å². The van der Waals surface area contributed by atoms with E-state index in [0.717, 1.165) is 0 Å². The Labute approximate surface area is 87.3 Å². The zero-order chi connectivity index (χ0) is 10.7. The van der Waals surface area contributed by atoms with Gasteiger partial charge in [0, 0.05) is 12.1 Å². The van der Waals surface area contributed by atoms with E-state index in [1.54, 1.807) is 12.3 Å². The maximum atomic E-state index is 11.6. The molecule has 1 amide bonds. The van der Waals surface area contributed by atoms with Gasteiger partial charge in [-0.2, -0.15) is 0 Å². The van der Waals surface area contributed by atoms with Gasteiger partial charge in [-0.3, -0.25) is 4.79 Å².